The van der Waals surface area contributed by atoms with Gasteiger partial charge in [-0.2, -0.15) is 11.8 Å². The second-order valence-corrected chi connectivity index (χ2v) is 5.55. The van der Waals surface area contributed by atoms with Crippen molar-refractivity contribution in [2.75, 3.05) is 12.8 Å². The summed E-state index contributed by atoms with van der Waals surface area (Å²) in [4.78, 5) is 22.2. The summed E-state index contributed by atoms with van der Waals surface area (Å²) in [6.07, 6.45) is 0.264. The van der Waals surface area contributed by atoms with Gasteiger partial charge in [-0.15, -0.1) is 0 Å². The number of benzene rings is 1. The second kappa shape index (κ2) is 8.30. The van der Waals surface area contributed by atoms with Crippen molar-refractivity contribution in [3.05, 3.63) is 33.8 Å². The molecule has 7 heteroatoms. The van der Waals surface area contributed by atoms with Gasteiger partial charge in [0.25, 0.3) is 0 Å². The van der Waals surface area contributed by atoms with Crippen LogP contribution in [0.5, 0.6) is 0 Å². The van der Waals surface area contributed by atoms with Crippen LogP contribution in [0.2, 0.25) is 10.0 Å². The average Bonchev–Trinajstić information content (AvgIpc) is 2.37. The van der Waals surface area contributed by atoms with Crippen LogP contribution in [0, 0.1) is 0 Å². The minimum atomic E-state index is -0.496. The van der Waals surface area contributed by atoms with Crippen LogP contribution >= 0.6 is 35.0 Å². The molecule has 104 valence electrons. The van der Waals surface area contributed by atoms with Gasteiger partial charge in [-0.1, -0.05) is 29.3 Å². The third-order valence-electron chi connectivity index (χ3n) is 2.26. The van der Waals surface area contributed by atoms with Crippen LogP contribution in [0.3, 0.4) is 0 Å². The molecule has 0 spiro atoms. The monoisotopic (exact) mass is 320 g/mol. The van der Waals surface area contributed by atoms with Gasteiger partial charge in [-0.05, 0) is 17.7 Å². The van der Waals surface area contributed by atoms with E-state index in [-0.39, 0.29) is 12.3 Å². The molecular weight excluding hydrogens is 307 g/mol. The number of carbonyl (C=O) groups is 2. The van der Waals surface area contributed by atoms with Crippen LogP contribution in [-0.2, 0) is 10.5 Å². The molecule has 0 bridgehead atoms. The van der Waals surface area contributed by atoms with Gasteiger partial charge in [-0.25, -0.2) is 4.79 Å². The number of thioether (sulfide) groups is 1. The summed E-state index contributed by atoms with van der Waals surface area (Å²) >= 11 is 13.6. The Morgan fingerprint density at radius 1 is 1.26 bits per heavy atom. The number of nitrogens with one attached hydrogen (secondary N) is 2. The van der Waals surface area contributed by atoms with Crippen molar-refractivity contribution in [3.8, 4) is 0 Å². The highest BCUT2D eigenvalue weighted by Crippen LogP contribution is 2.28. The zero-order chi connectivity index (χ0) is 14.3. The van der Waals surface area contributed by atoms with E-state index in [9.17, 15) is 9.59 Å². The van der Waals surface area contributed by atoms with Crippen molar-refractivity contribution in [2.45, 2.75) is 12.2 Å². The molecule has 0 radical (unpaired) electrons. The molecule has 0 atom stereocenters. The van der Waals surface area contributed by atoms with Crippen LogP contribution in [0.1, 0.15) is 12.0 Å². The lowest BCUT2D eigenvalue weighted by molar-refractivity contribution is -0.119. The third-order valence-corrected chi connectivity index (χ3v) is 3.96. The summed E-state index contributed by atoms with van der Waals surface area (Å²) in [5.41, 5.74) is 0.863. The van der Waals surface area contributed by atoms with Crippen LogP contribution in [0.25, 0.3) is 0 Å². The molecule has 4 nitrogen and oxygen atoms in total. The van der Waals surface area contributed by atoms with Crippen LogP contribution in [0.15, 0.2) is 18.2 Å². The number of carbonyl (C=O) groups excluding carboxylic acids is 2. The fourth-order valence-corrected chi connectivity index (χ4v) is 2.94. The zero-order valence-corrected chi connectivity index (χ0v) is 12.7. The van der Waals surface area contributed by atoms with Gasteiger partial charge in [-0.3, -0.25) is 10.1 Å². The smallest absolute Gasteiger partial charge is 0.321 e. The second-order valence-electron chi connectivity index (χ2n) is 3.63. The Labute approximate surface area is 126 Å². The maximum absolute atomic E-state index is 11.3. The summed E-state index contributed by atoms with van der Waals surface area (Å²) in [6.45, 7) is 0. The summed E-state index contributed by atoms with van der Waals surface area (Å²) in [7, 11) is 1.46. The molecule has 3 amide bonds. The van der Waals surface area contributed by atoms with Gasteiger partial charge >= 0.3 is 6.03 Å². The molecule has 0 aliphatic rings. The largest absolute Gasteiger partial charge is 0.341 e. The normalized spacial score (nSPS) is 10.1. The first kappa shape index (κ1) is 16.1. The highest BCUT2D eigenvalue weighted by atomic mass is 35.5. The molecule has 0 heterocycles. The van der Waals surface area contributed by atoms with E-state index in [1.54, 1.807) is 18.2 Å². The lowest BCUT2D eigenvalue weighted by atomic mass is 10.2. The molecule has 1 rings (SSSR count). The van der Waals surface area contributed by atoms with Gasteiger partial charge in [0.05, 0.1) is 0 Å². The first-order valence-electron chi connectivity index (χ1n) is 5.56. The Morgan fingerprint density at radius 2 is 1.89 bits per heavy atom. The molecule has 0 aromatic heterocycles. The molecule has 19 heavy (non-hydrogen) atoms. The van der Waals surface area contributed by atoms with E-state index in [0.717, 1.165) is 5.56 Å². The van der Waals surface area contributed by atoms with Gasteiger partial charge in [0.15, 0.2) is 0 Å². The molecule has 0 aliphatic carbocycles. The number of amides is 3. The summed E-state index contributed by atoms with van der Waals surface area (Å²) in [6, 6.07) is 4.85. The van der Waals surface area contributed by atoms with E-state index in [1.807, 2.05) is 0 Å². The van der Waals surface area contributed by atoms with Gasteiger partial charge in [0.2, 0.25) is 5.91 Å². The average molecular weight is 321 g/mol. The van der Waals surface area contributed by atoms with Crippen LogP contribution in [0.4, 0.5) is 4.79 Å². The van der Waals surface area contributed by atoms with Gasteiger partial charge in [0, 0.05) is 35.0 Å². The Morgan fingerprint density at radius 3 is 2.47 bits per heavy atom. The van der Waals surface area contributed by atoms with Crippen molar-refractivity contribution >= 4 is 46.9 Å². The number of halogens is 2. The highest BCUT2D eigenvalue weighted by molar-refractivity contribution is 7.98. The van der Waals surface area contributed by atoms with Crippen molar-refractivity contribution in [1.82, 2.24) is 10.6 Å². The van der Waals surface area contributed by atoms with Crippen molar-refractivity contribution in [1.29, 1.82) is 0 Å². The lowest BCUT2D eigenvalue weighted by Gasteiger charge is -2.06. The van der Waals surface area contributed by atoms with Crippen molar-refractivity contribution in [3.63, 3.8) is 0 Å². The molecule has 2 N–H and O–H groups in total. The van der Waals surface area contributed by atoms with E-state index >= 15 is 0 Å². The molecule has 0 fully saturated rings. The lowest BCUT2D eigenvalue weighted by Crippen LogP contribution is -2.37. The molecule has 0 unspecified atom stereocenters. The molecule has 1 aromatic carbocycles. The minimum Gasteiger partial charge on any atom is -0.341 e. The van der Waals surface area contributed by atoms with E-state index < -0.39 is 6.03 Å². The number of hydrogen-bond donors (Lipinski definition) is 2. The Kier molecular flexibility index (Phi) is 7.05. The zero-order valence-electron chi connectivity index (χ0n) is 10.3. The Hall–Kier alpha value is -0.910. The van der Waals surface area contributed by atoms with E-state index in [1.165, 1.54) is 18.8 Å². The van der Waals surface area contributed by atoms with Gasteiger partial charge in [0.1, 0.15) is 0 Å². The molecule has 1 aromatic rings. The predicted molar refractivity (Wildman–Crippen MR) is 79.8 cm³/mol. The van der Waals surface area contributed by atoms with E-state index in [4.69, 9.17) is 23.2 Å². The van der Waals surface area contributed by atoms with Crippen molar-refractivity contribution in [2.24, 2.45) is 0 Å². The quantitative estimate of drug-likeness (QED) is 0.820. The SMILES string of the molecule is CNC(=O)NC(=O)CCSCc1c(Cl)cccc1Cl. The fraction of sp³-hybridized carbons (Fsp3) is 0.333. The number of imide groups is 1. The number of rotatable bonds is 5. The summed E-state index contributed by atoms with van der Waals surface area (Å²) < 4.78 is 0. The Bertz CT molecular complexity index is 449. The first-order chi connectivity index (χ1) is 9.04. The highest BCUT2D eigenvalue weighted by Gasteiger charge is 2.08. The predicted octanol–water partition coefficient (Wildman–Crippen LogP) is 3.07. The topological polar surface area (TPSA) is 58.2 Å². The molecular formula is C12H14Cl2N2O2S. The molecule has 0 saturated heterocycles. The minimum absolute atomic E-state index is 0.264. The third kappa shape index (κ3) is 5.72. The maximum atomic E-state index is 11.3. The van der Waals surface area contributed by atoms with Crippen LogP contribution in [-0.4, -0.2) is 24.7 Å². The first-order valence-corrected chi connectivity index (χ1v) is 7.48. The van der Waals surface area contributed by atoms with Gasteiger partial charge < -0.3 is 5.32 Å². The van der Waals surface area contributed by atoms with Crippen molar-refractivity contribution < 1.29 is 9.59 Å². The summed E-state index contributed by atoms with van der Waals surface area (Å²) in [5.74, 6) is 0.910. The number of urea groups is 1. The Balaban J connectivity index is 2.31. The summed E-state index contributed by atoms with van der Waals surface area (Å²) in [5, 5.41) is 5.75. The van der Waals surface area contributed by atoms with Crippen LogP contribution < -0.4 is 10.6 Å². The molecule has 0 saturated carbocycles. The fourth-order valence-electron chi connectivity index (χ4n) is 1.26. The standard InChI is InChI=1S/C12H14Cl2N2O2S/c1-15-12(18)16-11(17)5-6-19-7-8-9(13)3-2-4-10(8)14/h2-4H,5-7H2,1H3,(H2,15,16,17,18). The van der Waals surface area contributed by atoms with E-state index in [2.05, 4.69) is 10.6 Å². The number of hydrogen-bond acceptors (Lipinski definition) is 3. The van der Waals surface area contributed by atoms with E-state index in [0.29, 0.717) is 21.6 Å². The molecule has 0 aliphatic heterocycles. The maximum Gasteiger partial charge on any atom is 0.321 e.